The fourth-order valence-electron chi connectivity index (χ4n) is 3.21. The number of hydrogen-bond acceptors (Lipinski definition) is 4. The van der Waals surface area contributed by atoms with Gasteiger partial charge in [0.05, 0.1) is 12.4 Å². The lowest BCUT2D eigenvalue weighted by atomic mass is 10.0. The van der Waals surface area contributed by atoms with Crippen molar-refractivity contribution >= 4 is 5.69 Å². The number of rotatable bonds is 6. The minimum atomic E-state index is -0.214. The molecule has 1 aliphatic heterocycles. The summed E-state index contributed by atoms with van der Waals surface area (Å²) in [5.41, 5.74) is 2.03. The molecule has 3 rings (SSSR count). The first-order chi connectivity index (χ1) is 11.6. The van der Waals surface area contributed by atoms with Gasteiger partial charge in [0.15, 0.2) is 0 Å². The lowest BCUT2D eigenvalue weighted by Gasteiger charge is -2.34. The zero-order chi connectivity index (χ0) is 16.9. The first kappa shape index (κ1) is 16.9. The van der Waals surface area contributed by atoms with Crippen molar-refractivity contribution in [2.24, 2.45) is 0 Å². The molecule has 0 bridgehead atoms. The quantitative estimate of drug-likeness (QED) is 0.852. The van der Waals surface area contributed by atoms with Gasteiger partial charge < -0.3 is 19.9 Å². The van der Waals surface area contributed by atoms with Crippen molar-refractivity contribution in [1.29, 1.82) is 0 Å². The van der Waals surface area contributed by atoms with Crippen LogP contribution in [0.15, 0.2) is 36.9 Å². The summed E-state index contributed by atoms with van der Waals surface area (Å²) in [6.45, 7) is 5.28. The molecule has 0 spiro atoms. The van der Waals surface area contributed by atoms with E-state index in [1.807, 2.05) is 16.8 Å². The number of benzene rings is 1. The van der Waals surface area contributed by atoms with E-state index in [1.54, 1.807) is 18.6 Å². The smallest absolute Gasteiger partial charge is 0.123 e. The number of aliphatic hydroxyl groups excluding tert-OH is 1. The van der Waals surface area contributed by atoms with Gasteiger partial charge in [-0.3, -0.25) is 0 Å². The highest BCUT2D eigenvalue weighted by molar-refractivity contribution is 5.55. The number of nitrogens with zero attached hydrogens (tertiary/aromatic N) is 3. The third-order valence-corrected chi connectivity index (χ3v) is 4.64. The summed E-state index contributed by atoms with van der Waals surface area (Å²) in [6, 6.07) is 5.04. The Morgan fingerprint density at radius 1 is 1.38 bits per heavy atom. The predicted octanol–water partition coefficient (Wildman–Crippen LogP) is 2.33. The number of nitrogens with one attached hydrogen (secondary N) is 1. The first-order valence-corrected chi connectivity index (χ1v) is 8.55. The summed E-state index contributed by atoms with van der Waals surface area (Å²) in [5.74, 6) is -0.214. The largest absolute Gasteiger partial charge is 0.393 e. The molecule has 0 saturated carbocycles. The fraction of sp³-hybridized carbons (Fsp3) is 0.500. The summed E-state index contributed by atoms with van der Waals surface area (Å²) in [5, 5.41) is 13.2. The molecule has 1 fully saturated rings. The summed E-state index contributed by atoms with van der Waals surface area (Å²) in [4.78, 5) is 6.28. The van der Waals surface area contributed by atoms with Crippen LogP contribution in [0.4, 0.5) is 10.1 Å². The zero-order valence-electron chi connectivity index (χ0n) is 14.0. The Hall–Kier alpha value is -1.92. The molecule has 1 aromatic carbocycles. The molecule has 0 unspecified atom stereocenters. The van der Waals surface area contributed by atoms with E-state index in [9.17, 15) is 9.50 Å². The summed E-state index contributed by atoms with van der Waals surface area (Å²) >= 11 is 0. The van der Waals surface area contributed by atoms with Crippen molar-refractivity contribution in [2.75, 3.05) is 24.5 Å². The average Bonchev–Trinajstić information content (AvgIpc) is 3.09. The highest BCUT2D eigenvalue weighted by Crippen LogP contribution is 2.29. The van der Waals surface area contributed by atoms with Crippen molar-refractivity contribution in [3.05, 3.63) is 48.3 Å². The minimum absolute atomic E-state index is 0.0473. The Balaban J connectivity index is 1.67. The molecular formula is C18H25FN4O. The molecule has 24 heavy (non-hydrogen) atoms. The van der Waals surface area contributed by atoms with Gasteiger partial charge in [-0.25, -0.2) is 9.37 Å². The molecule has 5 nitrogen and oxygen atoms in total. The summed E-state index contributed by atoms with van der Waals surface area (Å²) in [6.07, 6.45) is 6.80. The van der Waals surface area contributed by atoms with Crippen LogP contribution in [0.2, 0.25) is 0 Å². The molecule has 1 aromatic heterocycles. The van der Waals surface area contributed by atoms with E-state index in [0.29, 0.717) is 0 Å². The molecule has 1 atom stereocenters. The Labute approximate surface area is 142 Å². The molecule has 0 aliphatic carbocycles. The van der Waals surface area contributed by atoms with E-state index < -0.39 is 0 Å². The molecule has 1 aliphatic rings. The maximum absolute atomic E-state index is 13.8. The van der Waals surface area contributed by atoms with E-state index >= 15 is 0 Å². The zero-order valence-corrected chi connectivity index (χ0v) is 14.0. The van der Waals surface area contributed by atoms with E-state index in [2.05, 4.69) is 22.1 Å². The van der Waals surface area contributed by atoms with Crippen molar-refractivity contribution in [3.8, 4) is 0 Å². The van der Waals surface area contributed by atoms with Gasteiger partial charge in [0, 0.05) is 50.3 Å². The highest BCUT2D eigenvalue weighted by Gasteiger charge is 2.21. The van der Waals surface area contributed by atoms with Gasteiger partial charge in [-0.15, -0.1) is 0 Å². The number of anilines is 1. The highest BCUT2D eigenvalue weighted by atomic mass is 19.1. The topological polar surface area (TPSA) is 53.3 Å². The molecule has 6 heteroatoms. The third-order valence-electron chi connectivity index (χ3n) is 4.64. The fourth-order valence-corrected chi connectivity index (χ4v) is 3.21. The first-order valence-electron chi connectivity index (χ1n) is 8.55. The monoisotopic (exact) mass is 332 g/mol. The van der Waals surface area contributed by atoms with Crippen LogP contribution in [-0.4, -0.2) is 40.4 Å². The van der Waals surface area contributed by atoms with Crippen LogP contribution in [0.3, 0.4) is 0 Å². The van der Waals surface area contributed by atoms with E-state index in [0.717, 1.165) is 50.3 Å². The number of piperidine rings is 1. The normalized spacial score (nSPS) is 17.2. The van der Waals surface area contributed by atoms with Crippen LogP contribution in [0.1, 0.15) is 31.4 Å². The predicted molar refractivity (Wildman–Crippen MR) is 92.5 cm³/mol. The van der Waals surface area contributed by atoms with Crippen LogP contribution in [0, 0.1) is 5.82 Å². The van der Waals surface area contributed by atoms with Crippen LogP contribution in [-0.2, 0) is 6.54 Å². The molecule has 2 heterocycles. The second kappa shape index (κ2) is 7.77. The van der Waals surface area contributed by atoms with Gasteiger partial charge in [0.2, 0.25) is 0 Å². The molecule has 0 amide bonds. The van der Waals surface area contributed by atoms with Crippen LogP contribution in [0.5, 0.6) is 0 Å². The second-order valence-corrected chi connectivity index (χ2v) is 6.40. The number of aromatic nitrogens is 2. The minimum Gasteiger partial charge on any atom is -0.393 e. The maximum atomic E-state index is 13.8. The van der Waals surface area contributed by atoms with Crippen LogP contribution in [0.25, 0.3) is 0 Å². The van der Waals surface area contributed by atoms with Crippen LogP contribution < -0.4 is 10.2 Å². The maximum Gasteiger partial charge on any atom is 0.123 e. The van der Waals surface area contributed by atoms with E-state index in [-0.39, 0.29) is 18.0 Å². The molecule has 130 valence electrons. The third kappa shape index (κ3) is 4.13. The van der Waals surface area contributed by atoms with Crippen molar-refractivity contribution < 1.29 is 9.50 Å². The van der Waals surface area contributed by atoms with Crippen LogP contribution >= 0.6 is 0 Å². The van der Waals surface area contributed by atoms with Gasteiger partial charge >= 0.3 is 0 Å². The molecule has 1 saturated heterocycles. The van der Waals surface area contributed by atoms with Gasteiger partial charge in [-0.2, -0.15) is 0 Å². The Morgan fingerprint density at radius 3 is 2.88 bits per heavy atom. The molecule has 2 aromatic rings. The molecule has 2 N–H and O–H groups in total. The Morgan fingerprint density at radius 2 is 2.17 bits per heavy atom. The average molecular weight is 332 g/mol. The molecule has 0 radical (unpaired) electrons. The standard InChI is InChI=1S/C18H25FN4O/c1-14(21-7-11-22-10-6-20-13-22)17-12-15(19)2-3-18(17)23-8-4-16(24)5-9-23/h2-3,6,10,12-14,16,21,24H,4-5,7-9,11H2,1H3/t14-/m1/s1. The Kier molecular flexibility index (Phi) is 5.48. The van der Waals surface area contributed by atoms with Crippen molar-refractivity contribution in [2.45, 2.75) is 38.5 Å². The van der Waals surface area contributed by atoms with Gasteiger partial charge in [0.1, 0.15) is 5.82 Å². The summed E-state index contributed by atoms with van der Waals surface area (Å²) < 4.78 is 15.8. The van der Waals surface area contributed by atoms with Crippen molar-refractivity contribution in [3.63, 3.8) is 0 Å². The lowest BCUT2D eigenvalue weighted by Crippen LogP contribution is -2.37. The second-order valence-electron chi connectivity index (χ2n) is 6.40. The van der Waals surface area contributed by atoms with Gasteiger partial charge in [-0.1, -0.05) is 0 Å². The number of hydrogen-bond donors (Lipinski definition) is 2. The Bertz CT molecular complexity index is 638. The number of halogens is 1. The van der Waals surface area contributed by atoms with E-state index in [4.69, 9.17) is 0 Å². The van der Waals surface area contributed by atoms with E-state index in [1.165, 1.54) is 6.07 Å². The van der Waals surface area contributed by atoms with Gasteiger partial charge in [0.25, 0.3) is 0 Å². The van der Waals surface area contributed by atoms with Gasteiger partial charge in [-0.05, 0) is 43.5 Å². The summed E-state index contributed by atoms with van der Waals surface area (Å²) in [7, 11) is 0. The number of aliphatic hydroxyl groups is 1. The van der Waals surface area contributed by atoms with Crippen molar-refractivity contribution in [1.82, 2.24) is 14.9 Å². The SMILES string of the molecule is C[C@@H](NCCn1ccnc1)c1cc(F)ccc1N1CCC(O)CC1. The molecular weight excluding hydrogens is 307 g/mol. The number of imidazole rings is 1. The lowest BCUT2D eigenvalue weighted by molar-refractivity contribution is 0.145.